The summed E-state index contributed by atoms with van der Waals surface area (Å²) in [7, 11) is 1.17. The Bertz CT molecular complexity index is 351. The maximum Gasteiger partial charge on any atom is 0.411 e. The van der Waals surface area contributed by atoms with Gasteiger partial charge in [0.1, 0.15) is 11.6 Å². The number of amides is 1. The van der Waals surface area contributed by atoms with E-state index in [9.17, 15) is 9.59 Å². The lowest BCUT2D eigenvalue weighted by Crippen LogP contribution is -2.43. The Morgan fingerprint density at radius 3 is 2.56 bits per heavy atom. The highest BCUT2D eigenvalue weighted by Crippen LogP contribution is 2.21. The minimum atomic E-state index is -1.79. The number of esters is 1. The zero-order valence-corrected chi connectivity index (χ0v) is 10.1. The highest BCUT2D eigenvalue weighted by atomic mass is 16.6. The third-order valence-electron chi connectivity index (χ3n) is 2.05. The van der Waals surface area contributed by atoms with Crippen LogP contribution < -0.4 is 0 Å². The van der Waals surface area contributed by atoms with E-state index >= 15 is 0 Å². The number of methoxy groups -OCH3 is 1. The smallest absolute Gasteiger partial charge is 0.411 e. The lowest BCUT2D eigenvalue weighted by atomic mass is 10.2. The number of hydrogen-bond acceptors (Lipinski definition) is 4. The van der Waals surface area contributed by atoms with Crippen LogP contribution in [0.25, 0.3) is 0 Å². The predicted molar refractivity (Wildman–Crippen MR) is 58.0 cm³/mol. The van der Waals surface area contributed by atoms with E-state index < -0.39 is 30.1 Å². The molecule has 5 heteroatoms. The zero-order chi connectivity index (χ0) is 14.1. The van der Waals surface area contributed by atoms with Gasteiger partial charge in [0.2, 0.25) is 0 Å². The molecule has 1 fully saturated rings. The van der Waals surface area contributed by atoms with E-state index in [2.05, 4.69) is 4.74 Å². The summed E-state index contributed by atoms with van der Waals surface area (Å²) in [6, 6.07) is -1.24. The largest absolute Gasteiger partial charge is 0.467 e. The predicted octanol–water partition coefficient (Wildman–Crippen LogP) is 1.56. The van der Waals surface area contributed by atoms with Crippen LogP contribution >= 0.6 is 0 Å². The number of likely N-dealkylation sites (tertiary alicyclic amines) is 1. The summed E-state index contributed by atoms with van der Waals surface area (Å²) < 4.78 is 25.2. The van der Waals surface area contributed by atoms with Crippen LogP contribution in [0.4, 0.5) is 4.79 Å². The number of nitrogens with zero attached hydrogens (tertiary/aromatic N) is 1. The first-order chi connectivity index (χ1) is 8.08. The molecule has 1 rings (SSSR count). The van der Waals surface area contributed by atoms with Crippen LogP contribution in [0.1, 0.15) is 36.3 Å². The standard InChI is InChI=1S/C11H19NO4/c1-11(2,3)16-10(14)12-7-5-6-8(12)9(13)15-4/h8H,5-7H2,1-4H3/t8-/m0/s1/i6D2. The summed E-state index contributed by atoms with van der Waals surface area (Å²) in [6.45, 7) is 5.27. The van der Waals surface area contributed by atoms with Gasteiger partial charge < -0.3 is 9.47 Å². The Morgan fingerprint density at radius 1 is 1.44 bits per heavy atom. The Kier molecular flexibility index (Phi) is 2.93. The molecular formula is C11H19NO4. The van der Waals surface area contributed by atoms with Crippen molar-refractivity contribution in [2.45, 2.75) is 45.2 Å². The number of carbonyl (C=O) groups is 2. The van der Waals surface area contributed by atoms with Crippen molar-refractivity contribution in [3.8, 4) is 0 Å². The van der Waals surface area contributed by atoms with Gasteiger partial charge in [-0.05, 0) is 33.6 Å². The molecule has 0 aromatic heterocycles. The quantitative estimate of drug-likeness (QED) is 0.643. The SMILES string of the molecule is [2H]C1([2H])CCN(C(=O)OC(C)(C)C)[C@@H]1C(=O)OC. The van der Waals surface area contributed by atoms with E-state index in [1.807, 2.05) is 0 Å². The van der Waals surface area contributed by atoms with Crippen molar-refractivity contribution in [1.82, 2.24) is 4.90 Å². The minimum absolute atomic E-state index is 0.0893. The van der Waals surface area contributed by atoms with Gasteiger partial charge in [0.15, 0.2) is 0 Å². The molecule has 0 N–H and O–H groups in total. The van der Waals surface area contributed by atoms with Crippen LogP contribution in [0.5, 0.6) is 0 Å². The van der Waals surface area contributed by atoms with Gasteiger partial charge in [0, 0.05) is 9.29 Å². The average Bonchev–Trinajstić information content (AvgIpc) is 2.50. The van der Waals surface area contributed by atoms with Crippen molar-refractivity contribution >= 4 is 12.1 Å². The topological polar surface area (TPSA) is 55.8 Å². The molecule has 1 aliphatic rings. The van der Waals surface area contributed by atoms with Gasteiger partial charge in [-0.2, -0.15) is 0 Å². The maximum atomic E-state index is 11.9. The summed E-state index contributed by atoms with van der Waals surface area (Å²) in [4.78, 5) is 24.6. The van der Waals surface area contributed by atoms with Gasteiger partial charge in [-0.1, -0.05) is 0 Å². The lowest BCUT2D eigenvalue weighted by molar-refractivity contribution is -0.145. The summed E-state index contributed by atoms with van der Waals surface area (Å²) in [5.74, 6) is -0.761. The van der Waals surface area contributed by atoms with Crippen LogP contribution in [-0.4, -0.2) is 42.3 Å². The molecule has 1 heterocycles. The molecule has 0 radical (unpaired) electrons. The fourth-order valence-electron chi connectivity index (χ4n) is 1.40. The second-order valence-corrected chi connectivity index (χ2v) is 4.55. The molecule has 0 aliphatic carbocycles. The van der Waals surface area contributed by atoms with E-state index in [-0.39, 0.29) is 13.0 Å². The second kappa shape index (κ2) is 4.72. The van der Waals surface area contributed by atoms with E-state index in [4.69, 9.17) is 7.48 Å². The van der Waals surface area contributed by atoms with Crippen LogP contribution in [-0.2, 0) is 14.3 Å². The Morgan fingerprint density at radius 2 is 2.06 bits per heavy atom. The number of carbonyl (C=O) groups excluding carboxylic acids is 2. The normalized spacial score (nSPS) is 25.8. The van der Waals surface area contributed by atoms with Crippen molar-refractivity contribution in [1.29, 1.82) is 0 Å². The van der Waals surface area contributed by atoms with E-state index in [0.717, 1.165) is 4.90 Å². The van der Waals surface area contributed by atoms with Gasteiger partial charge in [-0.3, -0.25) is 4.90 Å². The fraction of sp³-hybridized carbons (Fsp3) is 0.818. The molecule has 16 heavy (non-hydrogen) atoms. The van der Waals surface area contributed by atoms with Gasteiger partial charge >= 0.3 is 12.1 Å². The summed E-state index contributed by atoms with van der Waals surface area (Å²) in [5, 5.41) is 0. The Balaban J connectivity index is 2.88. The summed E-state index contributed by atoms with van der Waals surface area (Å²) >= 11 is 0. The third kappa shape index (κ3) is 3.12. The monoisotopic (exact) mass is 231 g/mol. The maximum absolute atomic E-state index is 11.9. The van der Waals surface area contributed by atoms with E-state index in [1.54, 1.807) is 20.8 Å². The van der Waals surface area contributed by atoms with Gasteiger partial charge in [-0.15, -0.1) is 0 Å². The number of ether oxygens (including phenoxy) is 2. The first kappa shape index (κ1) is 9.93. The van der Waals surface area contributed by atoms with Crippen molar-refractivity contribution in [2.24, 2.45) is 0 Å². The molecule has 5 nitrogen and oxygen atoms in total. The average molecular weight is 231 g/mol. The highest BCUT2D eigenvalue weighted by Gasteiger charge is 2.37. The van der Waals surface area contributed by atoms with E-state index in [1.165, 1.54) is 7.11 Å². The van der Waals surface area contributed by atoms with Crippen LogP contribution in [0.15, 0.2) is 0 Å². The van der Waals surface area contributed by atoms with E-state index in [0.29, 0.717) is 0 Å². The van der Waals surface area contributed by atoms with Crippen molar-refractivity contribution in [3.63, 3.8) is 0 Å². The molecular weight excluding hydrogens is 210 g/mol. The molecule has 1 atom stereocenters. The molecule has 92 valence electrons. The first-order valence-electron chi connectivity index (χ1n) is 6.16. The zero-order valence-electron chi connectivity index (χ0n) is 12.1. The molecule has 1 aliphatic heterocycles. The van der Waals surface area contributed by atoms with Gasteiger partial charge in [0.25, 0.3) is 0 Å². The minimum Gasteiger partial charge on any atom is -0.467 e. The third-order valence-corrected chi connectivity index (χ3v) is 2.05. The lowest BCUT2D eigenvalue weighted by Gasteiger charge is -2.27. The molecule has 0 unspecified atom stereocenters. The van der Waals surface area contributed by atoms with Gasteiger partial charge in [0.05, 0.1) is 7.11 Å². The molecule has 0 saturated carbocycles. The van der Waals surface area contributed by atoms with Crippen LogP contribution in [0.3, 0.4) is 0 Å². The van der Waals surface area contributed by atoms with Crippen LogP contribution in [0.2, 0.25) is 0 Å². The first-order valence-corrected chi connectivity index (χ1v) is 5.16. The number of hydrogen-bond donors (Lipinski definition) is 0. The van der Waals surface area contributed by atoms with Crippen molar-refractivity contribution < 1.29 is 21.8 Å². The fourth-order valence-corrected chi connectivity index (χ4v) is 1.40. The Hall–Kier alpha value is -1.26. The molecule has 1 saturated heterocycles. The molecule has 0 bridgehead atoms. The molecule has 0 aromatic rings. The summed E-state index contributed by atoms with van der Waals surface area (Å²) in [5.41, 5.74) is -0.687. The Labute approximate surface area is 98.5 Å². The molecule has 1 amide bonds. The van der Waals surface area contributed by atoms with Crippen LogP contribution in [0, 0.1) is 0 Å². The highest BCUT2D eigenvalue weighted by molar-refractivity contribution is 5.82. The van der Waals surface area contributed by atoms with Gasteiger partial charge in [-0.25, -0.2) is 9.59 Å². The second-order valence-electron chi connectivity index (χ2n) is 4.55. The van der Waals surface area contributed by atoms with Crippen molar-refractivity contribution in [2.75, 3.05) is 13.7 Å². The van der Waals surface area contributed by atoms with Crippen molar-refractivity contribution in [3.05, 3.63) is 0 Å². The summed E-state index contributed by atoms with van der Waals surface area (Å²) in [6.07, 6.45) is -2.39. The number of rotatable bonds is 1. The molecule has 0 spiro atoms. The molecule has 0 aromatic carbocycles.